The van der Waals surface area contributed by atoms with Gasteiger partial charge in [-0.15, -0.1) is 0 Å². The molecular formula is C22H17N3O. The second kappa shape index (κ2) is 7.07. The zero-order chi connectivity index (χ0) is 17.8. The molecule has 0 bridgehead atoms. The number of amides is 1. The summed E-state index contributed by atoms with van der Waals surface area (Å²) in [6.07, 6.45) is 1.70. The summed E-state index contributed by atoms with van der Waals surface area (Å²) in [5.41, 5.74) is 7.19. The summed E-state index contributed by atoms with van der Waals surface area (Å²) < 4.78 is 0. The minimum absolute atomic E-state index is 0.233. The molecule has 0 radical (unpaired) electrons. The van der Waals surface area contributed by atoms with Crippen molar-refractivity contribution in [3.8, 4) is 11.3 Å². The first-order valence-electron chi connectivity index (χ1n) is 8.37. The van der Waals surface area contributed by atoms with Crippen molar-refractivity contribution in [3.63, 3.8) is 0 Å². The van der Waals surface area contributed by atoms with E-state index < -0.39 is 0 Å². The highest BCUT2D eigenvalue weighted by Gasteiger charge is 2.11. The van der Waals surface area contributed by atoms with Crippen LogP contribution in [0.25, 0.3) is 22.2 Å². The number of fused-ring (bicyclic) bond motifs is 1. The molecule has 0 unspecified atom stereocenters. The Bertz CT molecular complexity index is 1070. The first-order chi connectivity index (χ1) is 12.8. The van der Waals surface area contributed by atoms with Gasteiger partial charge in [0.2, 0.25) is 0 Å². The van der Waals surface area contributed by atoms with Gasteiger partial charge < -0.3 is 4.98 Å². The zero-order valence-electron chi connectivity index (χ0n) is 14.0. The highest BCUT2D eigenvalue weighted by atomic mass is 16.2. The molecule has 0 saturated heterocycles. The van der Waals surface area contributed by atoms with Crippen molar-refractivity contribution in [2.45, 2.75) is 0 Å². The van der Waals surface area contributed by atoms with Crippen molar-refractivity contribution in [1.29, 1.82) is 0 Å². The molecular weight excluding hydrogens is 322 g/mol. The second-order valence-electron chi connectivity index (χ2n) is 5.89. The maximum atomic E-state index is 12.2. The number of carbonyl (C=O) groups excluding carboxylic acids is 1. The molecule has 4 heteroatoms. The summed E-state index contributed by atoms with van der Waals surface area (Å²) in [5.74, 6) is -0.233. The van der Waals surface area contributed by atoms with E-state index in [1.807, 2.05) is 72.8 Å². The van der Waals surface area contributed by atoms with Crippen molar-refractivity contribution >= 4 is 23.0 Å². The number of nitrogens with one attached hydrogen (secondary N) is 2. The van der Waals surface area contributed by atoms with E-state index in [1.54, 1.807) is 18.3 Å². The van der Waals surface area contributed by atoms with Crippen LogP contribution < -0.4 is 5.43 Å². The maximum Gasteiger partial charge on any atom is 0.271 e. The number of aromatic amines is 1. The molecule has 0 aliphatic heterocycles. The average molecular weight is 339 g/mol. The number of carbonyl (C=O) groups is 1. The number of hydrogen-bond donors (Lipinski definition) is 2. The largest absolute Gasteiger partial charge is 0.354 e. The van der Waals surface area contributed by atoms with Gasteiger partial charge in [0.1, 0.15) is 0 Å². The topological polar surface area (TPSA) is 57.2 Å². The third kappa shape index (κ3) is 3.13. The molecule has 0 fully saturated rings. The zero-order valence-corrected chi connectivity index (χ0v) is 14.0. The Morgan fingerprint density at radius 3 is 2.27 bits per heavy atom. The average Bonchev–Trinajstić information content (AvgIpc) is 3.08. The molecule has 3 aromatic carbocycles. The molecule has 1 heterocycles. The Labute approximate surface area is 151 Å². The standard InChI is InChI=1S/C22H17N3O/c26-22(17-11-5-2-6-12-17)25-23-15-19-18-13-7-8-14-20(18)24-21(19)16-9-3-1-4-10-16/h1-15,24H,(H,25,26)/b23-15+. The molecule has 4 rings (SSSR count). The Kier molecular flexibility index (Phi) is 4.31. The molecule has 1 amide bonds. The van der Waals surface area contributed by atoms with Gasteiger partial charge in [-0.05, 0) is 23.8 Å². The molecule has 0 aliphatic carbocycles. The lowest BCUT2D eigenvalue weighted by Crippen LogP contribution is -2.17. The summed E-state index contributed by atoms with van der Waals surface area (Å²) in [4.78, 5) is 15.6. The van der Waals surface area contributed by atoms with E-state index in [0.29, 0.717) is 5.56 Å². The number of nitrogens with zero attached hydrogens (tertiary/aromatic N) is 1. The number of benzene rings is 3. The second-order valence-corrected chi connectivity index (χ2v) is 5.89. The van der Waals surface area contributed by atoms with Crippen LogP contribution in [0.1, 0.15) is 15.9 Å². The minimum Gasteiger partial charge on any atom is -0.354 e. The molecule has 1 aromatic heterocycles. The summed E-state index contributed by atoms with van der Waals surface area (Å²) in [6.45, 7) is 0. The van der Waals surface area contributed by atoms with Crippen molar-refractivity contribution in [1.82, 2.24) is 10.4 Å². The fourth-order valence-electron chi connectivity index (χ4n) is 2.94. The van der Waals surface area contributed by atoms with E-state index in [2.05, 4.69) is 15.5 Å². The molecule has 0 saturated carbocycles. The van der Waals surface area contributed by atoms with Crippen LogP contribution in [0.15, 0.2) is 90.0 Å². The molecule has 26 heavy (non-hydrogen) atoms. The summed E-state index contributed by atoms with van der Waals surface area (Å²) >= 11 is 0. The Hall–Kier alpha value is -3.66. The van der Waals surface area contributed by atoms with E-state index in [9.17, 15) is 4.79 Å². The monoisotopic (exact) mass is 339 g/mol. The highest BCUT2D eigenvalue weighted by molar-refractivity contribution is 6.06. The minimum atomic E-state index is -0.233. The molecule has 4 nitrogen and oxygen atoms in total. The van der Waals surface area contributed by atoms with Gasteiger partial charge >= 0.3 is 0 Å². The molecule has 0 aliphatic rings. The molecule has 0 spiro atoms. The molecule has 0 atom stereocenters. The Morgan fingerprint density at radius 1 is 0.846 bits per heavy atom. The van der Waals surface area contributed by atoms with E-state index in [0.717, 1.165) is 27.7 Å². The number of H-pyrrole nitrogens is 1. The van der Waals surface area contributed by atoms with E-state index >= 15 is 0 Å². The first-order valence-corrected chi connectivity index (χ1v) is 8.37. The van der Waals surface area contributed by atoms with Gasteiger partial charge in [0.05, 0.1) is 11.9 Å². The van der Waals surface area contributed by atoms with Gasteiger partial charge in [-0.1, -0.05) is 66.7 Å². The van der Waals surface area contributed by atoms with E-state index in [-0.39, 0.29) is 5.91 Å². The SMILES string of the molecule is O=C(N/N=C/c1c(-c2ccccc2)[nH]c2ccccc12)c1ccccc1. The Balaban J connectivity index is 1.68. The van der Waals surface area contributed by atoms with Gasteiger partial charge in [-0.2, -0.15) is 5.10 Å². The lowest BCUT2D eigenvalue weighted by molar-refractivity contribution is 0.0955. The van der Waals surface area contributed by atoms with Crippen LogP contribution in [-0.2, 0) is 0 Å². The fraction of sp³-hybridized carbons (Fsp3) is 0. The van der Waals surface area contributed by atoms with E-state index in [1.165, 1.54) is 0 Å². The summed E-state index contributed by atoms with van der Waals surface area (Å²) in [7, 11) is 0. The van der Waals surface area contributed by atoms with Crippen LogP contribution in [0.3, 0.4) is 0 Å². The van der Waals surface area contributed by atoms with E-state index in [4.69, 9.17) is 0 Å². The van der Waals surface area contributed by atoms with Gasteiger partial charge in [-0.25, -0.2) is 5.43 Å². The van der Waals surface area contributed by atoms with Crippen LogP contribution in [0.5, 0.6) is 0 Å². The summed E-state index contributed by atoms with van der Waals surface area (Å²) in [5, 5.41) is 5.24. The molecule has 2 N–H and O–H groups in total. The van der Waals surface area contributed by atoms with Crippen molar-refractivity contribution in [2.75, 3.05) is 0 Å². The van der Waals surface area contributed by atoms with Crippen molar-refractivity contribution in [3.05, 3.63) is 96.1 Å². The van der Waals surface area contributed by atoms with Gasteiger partial charge in [0.15, 0.2) is 0 Å². The number of rotatable bonds is 4. The van der Waals surface area contributed by atoms with Gasteiger partial charge in [0.25, 0.3) is 5.91 Å². The predicted molar refractivity (Wildman–Crippen MR) is 105 cm³/mol. The number of aromatic nitrogens is 1. The third-order valence-electron chi connectivity index (χ3n) is 4.20. The van der Waals surface area contributed by atoms with Gasteiger partial charge in [0, 0.05) is 22.0 Å². The normalized spacial score (nSPS) is 11.1. The number of hydrogen-bond acceptors (Lipinski definition) is 2. The highest BCUT2D eigenvalue weighted by Crippen LogP contribution is 2.28. The Morgan fingerprint density at radius 2 is 1.50 bits per heavy atom. The van der Waals surface area contributed by atoms with Crippen LogP contribution in [-0.4, -0.2) is 17.1 Å². The number of para-hydroxylation sites is 1. The van der Waals surface area contributed by atoms with Gasteiger partial charge in [-0.3, -0.25) is 4.79 Å². The van der Waals surface area contributed by atoms with Crippen molar-refractivity contribution < 1.29 is 4.79 Å². The number of hydrazone groups is 1. The third-order valence-corrected chi connectivity index (χ3v) is 4.20. The van der Waals surface area contributed by atoms with Crippen LogP contribution in [0.2, 0.25) is 0 Å². The lowest BCUT2D eigenvalue weighted by Gasteiger charge is -2.01. The van der Waals surface area contributed by atoms with Crippen molar-refractivity contribution in [2.24, 2.45) is 5.10 Å². The summed E-state index contributed by atoms with van der Waals surface area (Å²) in [6, 6.07) is 27.2. The molecule has 126 valence electrons. The maximum absolute atomic E-state index is 12.2. The van der Waals surface area contributed by atoms with Crippen LogP contribution >= 0.6 is 0 Å². The lowest BCUT2D eigenvalue weighted by atomic mass is 10.1. The fourth-order valence-corrected chi connectivity index (χ4v) is 2.94. The van der Waals surface area contributed by atoms with Crippen LogP contribution in [0, 0.1) is 0 Å². The quantitative estimate of drug-likeness (QED) is 0.414. The van der Waals surface area contributed by atoms with Crippen LogP contribution in [0.4, 0.5) is 0 Å². The predicted octanol–water partition coefficient (Wildman–Crippen LogP) is 4.60. The smallest absolute Gasteiger partial charge is 0.271 e. The first kappa shape index (κ1) is 15.8. The molecule has 4 aromatic rings.